The van der Waals surface area contributed by atoms with Crippen LogP contribution in [0.15, 0.2) is 53.2 Å². The highest BCUT2D eigenvalue weighted by Gasteiger charge is 2.19. The SMILES string of the molecule is CCc1ccc(-c2c(-c3ccccc3)ncn2CCN(C)S(C)(=O)=O)o1. The van der Waals surface area contributed by atoms with Gasteiger partial charge in [0.1, 0.15) is 11.5 Å². The Morgan fingerprint density at radius 2 is 1.88 bits per heavy atom. The highest BCUT2D eigenvalue weighted by atomic mass is 32.2. The van der Waals surface area contributed by atoms with E-state index in [1.54, 1.807) is 13.4 Å². The van der Waals surface area contributed by atoms with Gasteiger partial charge in [0, 0.05) is 32.1 Å². The lowest BCUT2D eigenvalue weighted by Crippen LogP contribution is -2.29. The van der Waals surface area contributed by atoms with Gasteiger partial charge in [-0.2, -0.15) is 0 Å². The third-order valence-corrected chi connectivity index (χ3v) is 5.67. The summed E-state index contributed by atoms with van der Waals surface area (Å²) in [6.07, 6.45) is 3.75. The van der Waals surface area contributed by atoms with Crippen molar-refractivity contribution >= 4 is 10.0 Å². The molecule has 0 aliphatic carbocycles. The highest BCUT2D eigenvalue weighted by molar-refractivity contribution is 7.88. The van der Waals surface area contributed by atoms with Crippen molar-refractivity contribution in [3.05, 3.63) is 54.6 Å². The minimum Gasteiger partial charge on any atom is -0.459 e. The maximum atomic E-state index is 11.7. The van der Waals surface area contributed by atoms with E-state index in [1.807, 2.05) is 54.0 Å². The zero-order valence-electron chi connectivity index (χ0n) is 15.2. The van der Waals surface area contributed by atoms with Crippen LogP contribution in [-0.4, -0.2) is 42.1 Å². The van der Waals surface area contributed by atoms with E-state index in [0.717, 1.165) is 34.9 Å². The number of rotatable bonds is 7. The van der Waals surface area contributed by atoms with Gasteiger partial charge in [0.05, 0.1) is 18.3 Å². The Bertz CT molecular complexity index is 975. The first-order valence-electron chi connectivity index (χ1n) is 8.51. The van der Waals surface area contributed by atoms with Crippen LogP contribution in [0.25, 0.3) is 22.7 Å². The van der Waals surface area contributed by atoms with Crippen molar-refractivity contribution in [2.75, 3.05) is 19.8 Å². The van der Waals surface area contributed by atoms with Crippen LogP contribution in [0.4, 0.5) is 0 Å². The predicted molar refractivity (Wildman–Crippen MR) is 102 cm³/mol. The van der Waals surface area contributed by atoms with Crippen LogP contribution in [0.2, 0.25) is 0 Å². The first-order valence-corrected chi connectivity index (χ1v) is 10.4. The van der Waals surface area contributed by atoms with Gasteiger partial charge >= 0.3 is 0 Å². The van der Waals surface area contributed by atoms with Crippen LogP contribution in [0.5, 0.6) is 0 Å². The number of benzene rings is 1. The minimum absolute atomic E-state index is 0.359. The van der Waals surface area contributed by atoms with Gasteiger partial charge in [0.15, 0.2) is 5.76 Å². The molecule has 0 aliphatic rings. The molecule has 0 spiro atoms. The molecule has 0 unspecified atom stereocenters. The van der Waals surface area contributed by atoms with E-state index in [1.165, 1.54) is 10.6 Å². The molecule has 7 heteroatoms. The molecule has 0 atom stereocenters. The number of aromatic nitrogens is 2. The third kappa shape index (κ3) is 3.89. The van der Waals surface area contributed by atoms with E-state index in [9.17, 15) is 8.42 Å². The van der Waals surface area contributed by atoms with Crippen molar-refractivity contribution in [3.63, 3.8) is 0 Å². The number of nitrogens with zero attached hydrogens (tertiary/aromatic N) is 3. The maximum absolute atomic E-state index is 11.7. The third-order valence-electron chi connectivity index (χ3n) is 4.35. The number of sulfonamides is 1. The molecule has 3 rings (SSSR count). The molecule has 3 aromatic rings. The van der Waals surface area contributed by atoms with E-state index in [2.05, 4.69) is 4.98 Å². The summed E-state index contributed by atoms with van der Waals surface area (Å²) in [7, 11) is -1.64. The minimum atomic E-state index is -3.22. The van der Waals surface area contributed by atoms with Gasteiger partial charge in [-0.3, -0.25) is 0 Å². The van der Waals surface area contributed by atoms with Crippen molar-refractivity contribution in [1.29, 1.82) is 0 Å². The lowest BCUT2D eigenvalue weighted by Gasteiger charge is -2.15. The van der Waals surface area contributed by atoms with E-state index in [0.29, 0.717) is 13.1 Å². The number of likely N-dealkylation sites (N-methyl/N-ethyl adjacent to an activating group) is 1. The summed E-state index contributed by atoms with van der Waals surface area (Å²) in [6.45, 7) is 2.89. The number of hydrogen-bond acceptors (Lipinski definition) is 4. The first kappa shape index (κ1) is 18.4. The summed E-state index contributed by atoms with van der Waals surface area (Å²) >= 11 is 0. The van der Waals surface area contributed by atoms with Crippen LogP contribution in [-0.2, 0) is 23.0 Å². The molecule has 0 saturated carbocycles. The normalized spacial score (nSPS) is 12.0. The molecule has 1 aromatic carbocycles. The molecular formula is C19H23N3O3S. The molecule has 2 heterocycles. The summed E-state index contributed by atoms with van der Waals surface area (Å²) in [5.74, 6) is 1.64. The van der Waals surface area contributed by atoms with E-state index < -0.39 is 10.0 Å². The molecule has 6 nitrogen and oxygen atoms in total. The molecule has 26 heavy (non-hydrogen) atoms. The summed E-state index contributed by atoms with van der Waals surface area (Å²) in [4.78, 5) is 4.57. The Kier molecular flexibility index (Phi) is 5.29. The Hall–Kier alpha value is -2.38. The second-order valence-electron chi connectivity index (χ2n) is 6.21. The smallest absolute Gasteiger partial charge is 0.211 e. The lowest BCUT2D eigenvalue weighted by atomic mass is 10.1. The van der Waals surface area contributed by atoms with Crippen molar-refractivity contribution in [3.8, 4) is 22.7 Å². The van der Waals surface area contributed by atoms with Crippen LogP contribution in [0.1, 0.15) is 12.7 Å². The average molecular weight is 373 g/mol. The number of imidazole rings is 1. The van der Waals surface area contributed by atoms with Crippen LogP contribution in [0.3, 0.4) is 0 Å². The van der Waals surface area contributed by atoms with Crippen LogP contribution in [0, 0.1) is 0 Å². The highest BCUT2D eigenvalue weighted by Crippen LogP contribution is 2.32. The Balaban J connectivity index is 2.00. The standard InChI is InChI=1S/C19H23N3O3S/c1-4-16-10-11-17(25-16)19-18(15-8-6-5-7-9-15)20-14-22(19)13-12-21(2)26(3,23)24/h5-11,14H,4,12-13H2,1-3H3. The van der Waals surface area contributed by atoms with Gasteiger partial charge in [-0.25, -0.2) is 17.7 Å². The van der Waals surface area contributed by atoms with Crippen molar-refractivity contribution in [2.45, 2.75) is 19.9 Å². The van der Waals surface area contributed by atoms with Gasteiger partial charge in [0.2, 0.25) is 10.0 Å². The molecule has 0 bridgehead atoms. The molecule has 2 aromatic heterocycles. The average Bonchev–Trinajstić information content (AvgIpc) is 3.25. The van der Waals surface area contributed by atoms with E-state index in [-0.39, 0.29) is 0 Å². The monoisotopic (exact) mass is 373 g/mol. The van der Waals surface area contributed by atoms with Crippen molar-refractivity contribution < 1.29 is 12.8 Å². The molecule has 0 saturated heterocycles. The number of furan rings is 1. The fraction of sp³-hybridized carbons (Fsp3) is 0.316. The molecule has 0 N–H and O–H groups in total. The van der Waals surface area contributed by atoms with Gasteiger partial charge in [-0.15, -0.1) is 0 Å². The Morgan fingerprint density at radius 1 is 1.15 bits per heavy atom. The maximum Gasteiger partial charge on any atom is 0.211 e. The fourth-order valence-corrected chi connectivity index (χ4v) is 3.14. The first-order chi connectivity index (χ1) is 12.4. The van der Waals surface area contributed by atoms with Gasteiger partial charge in [-0.05, 0) is 12.1 Å². The predicted octanol–water partition coefficient (Wildman–Crippen LogP) is 3.26. The van der Waals surface area contributed by atoms with Gasteiger partial charge in [-0.1, -0.05) is 37.3 Å². The van der Waals surface area contributed by atoms with Gasteiger partial charge < -0.3 is 8.98 Å². The van der Waals surface area contributed by atoms with Gasteiger partial charge in [0.25, 0.3) is 0 Å². The molecule has 0 amide bonds. The topological polar surface area (TPSA) is 68.3 Å². The number of aryl methyl sites for hydroxylation is 1. The summed E-state index contributed by atoms with van der Waals surface area (Å²) in [5.41, 5.74) is 2.68. The van der Waals surface area contributed by atoms with Crippen LogP contribution < -0.4 is 0 Å². The second-order valence-corrected chi connectivity index (χ2v) is 8.29. The molecule has 138 valence electrons. The zero-order chi connectivity index (χ0) is 18.7. The molecular weight excluding hydrogens is 350 g/mol. The van der Waals surface area contributed by atoms with Crippen molar-refractivity contribution in [1.82, 2.24) is 13.9 Å². The Labute approximate surface area is 154 Å². The molecule has 0 aliphatic heterocycles. The van der Waals surface area contributed by atoms with E-state index >= 15 is 0 Å². The Morgan fingerprint density at radius 3 is 2.50 bits per heavy atom. The largest absolute Gasteiger partial charge is 0.459 e. The summed E-state index contributed by atoms with van der Waals surface area (Å²) in [5, 5.41) is 0. The molecule has 0 fully saturated rings. The second kappa shape index (κ2) is 7.47. The number of hydrogen-bond donors (Lipinski definition) is 0. The summed E-state index contributed by atoms with van der Waals surface area (Å²) in [6, 6.07) is 13.8. The quantitative estimate of drug-likeness (QED) is 0.637. The lowest BCUT2D eigenvalue weighted by molar-refractivity contribution is 0.448. The van der Waals surface area contributed by atoms with E-state index in [4.69, 9.17) is 4.42 Å². The fourth-order valence-electron chi connectivity index (χ4n) is 2.73. The summed E-state index contributed by atoms with van der Waals surface area (Å²) < 4.78 is 32.6. The molecule has 0 radical (unpaired) electrons. The zero-order valence-corrected chi connectivity index (χ0v) is 16.0. The van der Waals surface area contributed by atoms with Crippen LogP contribution >= 0.6 is 0 Å². The van der Waals surface area contributed by atoms with Crippen molar-refractivity contribution in [2.24, 2.45) is 0 Å².